The van der Waals surface area contributed by atoms with Crippen LogP contribution in [-0.2, 0) is 22.2 Å². The summed E-state index contributed by atoms with van der Waals surface area (Å²) in [5.74, 6) is -1.67. The first-order valence-corrected chi connectivity index (χ1v) is 12.3. The predicted octanol–water partition coefficient (Wildman–Crippen LogP) is 3.88. The number of likely N-dealkylation sites (tertiary alicyclic amines) is 1. The second-order valence-corrected chi connectivity index (χ2v) is 11.0. The van der Waals surface area contributed by atoms with Crippen LogP contribution in [0.4, 0.5) is 8.78 Å². The number of nitrogens with zero attached hydrogens (tertiary/aromatic N) is 1. The third-order valence-corrected chi connectivity index (χ3v) is 7.00. The highest BCUT2D eigenvalue weighted by molar-refractivity contribution is 5.73. The molecule has 0 bridgehead atoms. The van der Waals surface area contributed by atoms with E-state index >= 15 is 0 Å². The maximum Gasteiger partial charge on any atom is 0.217 e. The zero-order valence-corrected chi connectivity index (χ0v) is 21.5. The van der Waals surface area contributed by atoms with E-state index in [9.17, 15) is 18.7 Å². The number of carbonyl (C=O) groups excluding carboxylic acids is 1. The van der Waals surface area contributed by atoms with Crippen LogP contribution in [0.15, 0.2) is 42.5 Å². The zero-order valence-electron chi connectivity index (χ0n) is 21.5. The van der Waals surface area contributed by atoms with E-state index in [-0.39, 0.29) is 29.8 Å². The summed E-state index contributed by atoms with van der Waals surface area (Å²) in [4.78, 5) is 14.1. The summed E-state index contributed by atoms with van der Waals surface area (Å²) in [7, 11) is 2.11. The molecule has 2 aromatic carbocycles. The molecule has 1 amide bonds. The predicted molar refractivity (Wildman–Crippen MR) is 135 cm³/mol. The van der Waals surface area contributed by atoms with Gasteiger partial charge in [-0.3, -0.25) is 4.79 Å². The fourth-order valence-electron chi connectivity index (χ4n) is 4.82. The molecule has 0 aliphatic carbocycles. The van der Waals surface area contributed by atoms with Crippen LogP contribution in [0, 0.1) is 11.6 Å². The topological polar surface area (TPSA) is 64.6 Å². The monoisotopic (exact) mass is 487 g/mol. The van der Waals surface area contributed by atoms with E-state index in [0.29, 0.717) is 5.56 Å². The summed E-state index contributed by atoms with van der Waals surface area (Å²) in [6, 6.07) is 11.2. The minimum Gasteiger partial charge on any atom is -0.390 e. The highest BCUT2D eigenvalue weighted by Gasteiger charge is 2.37. The van der Waals surface area contributed by atoms with Crippen LogP contribution in [0.25, 0.3) is 0 Å². The van der Waals surface area contributed by atoms with Crippen molar-refractivity contribution in [3.63, 3.8) is 0 Å². The Labute approximate surface area is 207 Å². The first kappa shape index (κ1) is 27.2. The fourth-order valence-corrected chi connectivity index (χ4v) is 4.82. The van der Waals surface area contributed by atoms with Gasteiger partial charge in [0.15, 0.2) is 0 Å². The number of aliphatic hydroxyl groups is 1. The van der Waals surface area contributed by atoms with Gasteiger partial charge in [-0.25, -0.2) is 8.78 Å². The second-order valence-electron chi connectivity index (χ2n) is 11.0. The third-order valence-electron chi connectivity index (χ3n) is 7.00. The third kappa shape index (κ3) is 7.32. The summed E-state index contributed by atoms with van der Waals surface area (Å²) < 4.78 is 27.4. The molecule has 5 nitrogen and oxygen atoms in total. The van der Waals surface area contributed by atoms with Crippen molar-refractivity contribution in [3.05, 3.63) is 70.8 Å². The highest BCUT2D eigenvalue weighted by atomic mass is 19.1. The van der Waals surface area contributed by atoms with Gasteiger partial charge in [0.05, 0.1) is 12.1 Å². The van der Waals surface area contributed by atoms with Gasteiger partial charge in [0.2, 0.25) is 5.91 Å². The van der Waals surface area contributed by atoms with Gasteiger partial charge in [-0.1, -0.05) is 45.0 Å². The Morgan fingerprint density at radius 1 is 1.11 bits per heavy atom. The molecule has 2 aromatic rings. The molecule has 0 saturated carbocycles. The van der Waals surface area contributed by atoms with Crippen molar-refractivity contribution >= 4 is 5.91 Å². The Morgan fingerprint density at radius 3 is 2.31 bits per heavy atom. The standard InChI is InChI=1S/C28H39F2N3O2/c1-19(34)32-25(15-20-13-23(29)17-24(30)14-20)26(35)18-31-28(9-11-33(5)12-10-28)22-8-6-7-21(16-22)27(2,3)4/h6-8,13-14,16-17,25-26,31,35H,9-12,15,18H2,1-5H3,(H,32,34)/t25-,26+/m0/s1. The Hall–Kier alpha value is -2.35. The quantitative estimate of drug-likeness (QED) is 0.529. The van der Waals surface area contributed by atoms with Crippen molar-refractivity contribution in [3.8, 4) is 0 Å². The molecule has 0 spiro atoms. The number of amides is 1. The van der Waals surface area contributed by atoms with Crippen LogP contribution in [0.5, 0.6) is 0 Å². The maximum absolute atomic E-state index is 13.7. The van der Waals surface area contributed by atoms with Crippen molar-refractivity contribution in [1.29, 1.82) is 0 Å². The van der Waals surface area contributed by atoms with Crippen molar-refractivity contribution in [1.82, 2.24) is 15.5 Å². The number of carbonyl (C=O) groups is 1. The van der Waals surface area contributed by atoms with Crippen LogP contribution in [0.2, 0.25) is 0 Å². The number of piperidine rings is 1. The van der Waals surface area contributed by atoms with Crippen LogP contribution >= 0.6 is 0 Å². The van der Waals surface area contributed by atoms with Gasteiger partial charge in [0.1, 0.15) is 11.6 Å². The summed E-state index contributed by atoms with van der Waals surface area (Å²) >= 11 is 0. The lowest BCUT2D eigenvalue weighted by Crippen LogP contribution is -2.55. The van der Waals surface area contributed by atoms with Gasteiger partial charge in [-0.2, -0.15) is 0 Å². The molecule has 3 N–H and O–H groups in total. The van der Waals surface area contributed by atoms with Crippen LogP contribution < -0.4 is 10.6 Å². The van der Waals surface area contributed by atoms with Gasteiger partial charge >= 0.3 is 0 Å². The van der Waals surface area contributed by atoms with Crippen molar-refractivity contribution in [2.45, 2.75) is 70.1 Å². The molecular formula is C28H39F2N3O2. The number of hydrogen-bond donors (Lipinski definition) is 3. The van der Waals surface area contributed by atoms with E-state index < -0.39 is 23.8 Å². The molecule has 1 aliphatic heterocycles. The Kier molecular flexibility index (Phi) is 8.67. The number of aliphatic hydroxyl groups excluding tert-OH is 1. The zero-order chi connectivity index (χ0) is 25.8. The van der Waals surface area contributed by atoms with Crippen molar-refractivity contribution in [2.75, 3.05) is 26.7 Å². The molecule has 0 aromatic heterocycles. The Morgan fingerprint density at radius 2 is 1.74 bits per heavy atom. The van der Waals surface area contributed by atoms with E-state index in [1.807, 2.05) is 0 Å². The lowest BCUT2D eigenvalue weighted by molar-refractivity contribution is -0.120. The maximum atomic E-state index is 13.7. The van der Waals surface area contributed by atoms with E-state index in [1.54, 1.807) is 0 Å². The molecule has 7 heteroatoms. The summed E-state index contributed by atoms with van der Waals surface area (Å²) in [5, 5.41) is 17.5. The average Bonchev–Trinajstić information content (AvgIpc) is 2.77. The average molecular weight is 488 g/mol. The Bertz CT molecular complexity index is 993. The smallest absolute Gasteiger partial charge is 0.217 e. The molecule has 1 fully saturated rings. The lowest BCUT2D eigenvalue weighted by Gasteiger charge is -2.43. The van der Waals surface area contributed by atoms with Gasteiger partial charge in [0.25, 0.3) is 0 Å². The van der Waals surface area contributed by atoms with Crippen molar-refractivity contribution < 1.29 is 18.7 Å². The largest absolute Gasteiger partial charge is 0.390 e. The molecule has 2 atom stereocenters. The minimum absolute atomic E-state index is 0.0128. The SMILES string of the molecule is CC(=O)N[C@@H](Cc1cc(F)cc(F)c1)[C@H](O)CNC1(c2cccc(C(C)(C)C)c2)CCN(C)CC1. The molecule has 3 rings (SSSR count). The van der Waals surface area contributed by atoms with E-state index in [0.717, 1.165) is 32.0 Å². The number of rotatable bonds is 8. The summed E-state index contributed by atoms with van der Waals surface area (Å²) in [6.45, 7) is 10.0. The molecule has 0 radical (unpaired) electrons. The molecule has 35 heavy (non-hydrogen) atoms. The van der Waals surface area contributed by atoms with E-state index in [1.165, 1.54) is 30.2 Å². The molecule has 0 unspecified atom stereocenters. The number of benzene rings is 2. The lowest BCUT2D eigenvalue weighted by atomic mass is 9.77. The first-order valence-electron chi connectivity index (χ1n) is 12.3. The van der Waals surface area contributed by atoms with E-state index in [2.05, 4.69) is 67.6 Å². The van der Waals surface area contributed by atoms with Gasteiger partial charge in [0, 0.05) is 25.1 Å². The molecule has 1 heterocycles. The van der Waals surface area contributed by atoms with Crippen LogP contribution in [0.1, 0.15) is 57.2 Å². The number of nitrogens with one attached hydrogen (secondary N) is 2. The van der Waals surface area contributed by atoms with Gasteiger partial charge in [-0.05, 0) is 73.6 Å². The first-order chi connectivity index (χ1) is 16.4. The van der Waals surface area contributed by atoms with Gasteiger partial charge in [-0.15, -0.1) is 0 Å². The molecule has 1 saturated heterocycles. The molecule has 1 aliphatic rings. The van der Waals surface area contributed by atoms with Crippen LogP contribution in [-0.4, -0.2) is 54.7 Å². The second kappa shape index (κ2) is 11.1. The molecular weight excluding hydrogens is 448 g/mol. The highest BCUT2D eigenvalue weighted by Crippen LogP contribution is 2.35. The molecule has 192 valence electrons. The number of halogens is 2. The number of hydrogen-bond acceptors (Lipinski definition) is 4. The van der Waals surface area contributed by atoms with Crippen molar-refractivity contribution in [2.24, 2.45) is 0 Å². The summed E-state index contributed by atoms with van der Waals surface area (Å²) in [6.07, 6.45) is 0.923. The Balaban J connectivity index is 1.82. The normalized spacial score (nSPS) is 18.2. The fraction of sp³-hybridized carbons (Fsp3) is 0.536. The van der Waals surface area contributed by atoms with Crippen LogP contribution in [0.3, 0.4) is 0 Å². The minimum atomic E-state index is -0.951. The summed E-state index contributed by atoms with van der Waals surface area (Å²) in [5.41, 5.74) is 2.51. The van der Waals surface area contributed by atoms with Gasteiger partial charge < -0.3 is 20.6 Å². The van der Waals surface area contributed by atoms with E-state index in [4.69, 9.17) is 0 Å².